The van der Waals surface area contributed by atoms with Crippen LogP contribution in [0, 0.1) is 5.82 Å². The van der Waals surface area contributed by atoms with Crippen LogP contribution in [0.15, 0.2) is 12.4 Å². The Balaban J connectivity index is 3.10. The van der Waals surface area contributed by atoms with Crippen LogP contribution in [0.4, 0.5) is 4.39 Å². The minimum atomic E-state index is -0.523. The third-order valence-electron chi connectivity index (χ3n) is 1.26. The van der Waals surface area contributed by atoms with Gasteiger partial charge in [-0.1, -0.05) is 0 Å². The van der Waals surface area contributed by atoms with Gasteiger partial charge in [0.2, 0.25) is 5.82 Å². The van der Waals surface area contributed by atoms with Gasteiger partial charge in [0.05, 0.1) is 26.6 Å². The molecule has 0 bridgehead atoms. The molecule has 11 heavy (non-hydrogen) atoms. The van der Waals surface area contributed by atoms with E-state index in [2.05, 4.69) is 14.5 Å². The SMILES string of the molecule is COc1cncc(OC)c1F. The van der Waals surface area contributed by atoms with Crippen LogP contribution in [0.25, 0.3) is 0 Å². The summed E-state index contributed by atoms with van der Waals surface area (Å²) in [6.07, 6.45) is 2.58. The number of halogens is 1. The van der Waals surface area contributed by atoms with E-state index in [9.17, 15) is 4.39 Å². The van der Waals surface area contributed by atoms with Crippen molar-refractivity contribution in [2.45, 2.75) is 0 Å². The number of methoxy groups -OCH3 is 2. The van der Waals surface area contributed by atoms with Crippen LogP contribution in [0.1, 0.15) is 0 Å². The number of pyridine rings is 1. The maximum absolute atomic E-state index is 13.0. The molecule has 0 aliphatic rings. The molecule has 0 aliphatic heterocycles. The molecule has 1 aromatic rings. The van der Waals surface area contributed by atoms with Crippen molar-refractivity contribution in [2.75, 3.05) is 14.2 Å². The summed E-state index contributed by atoms with van der Waals surface area (Å²) in [4.78, 5) is 3.70. The fraction of sp³-hybridized carbons (Fsp3) is 0.286. The zero-order chi connectivity index (χ0) is 8.27. The van der Waals surface area contributed by atoms with E-state index in [4.69, 9.17) is 0 Å². The monoisotopic (exact) mass is 157 g/mol. The van der Waals surface area contributed by atoms with Crippen molar-refractivity contribution in [3.05, 3.63) is 18.2 Å². The van der Waals surface area contributed by atoms with Crippen molar-refractivity contribution in [2.24, 2.45) is 0 Å². The second kappa shape index (κ2) is 3.18. The molecular formula is C7H8FNO2. The highest BCUT2D eigenvalue weighted by Crippen LogP contribution is 2.23. The van der Waals surface area contributed by atoms with E-state index in [1.54, 1.807) is 0 Å². The molecule has 0 radical (unpaired) electrons. The smallest absolute Gasteiger partial charge is 0.210 e. The number of aromatic nitrogens is 1. The summed E-state index contributed by atoms with van der Waals surface area (Å²) in [5.74, 6) is -0.348. The molecule has 0 aromatic carbocycles. The highest BCUT2D eigenvalue weighted by Gasteiger charge is 2.08. The summed E-state index contributed by atoms with van der Waals surface area (Å²) < 4.78 is 22.3. The second-order valence-corrected chi connectivity index (χ2v) is 1.86. The first-order chi connectivity index (χ1) is 5.29. The summed E-state index contributed by atoms with van der Waals surface area (Å²) in [5, 5.41) is 0. The summed E-state index contributed by atoms with van der Waals surface area (Å²) >= 11 is 0. The number of ether oxygens (including phenoxy) is 2. The van der Waals surface area contributed by atoms with Gasteiger partial charge in [0.1, 0.15) is 0 Å². The third-order valence-corrected chi connectivity index (χ3v) is 1.26. The lowest BCUT2D eigenvalue weighted by atomic mass is 10.4. The topological polar surface area (TPSA) is 31.4 Å². The van der Waals surface area contributed by atoms with Crippen LogP contribution >= 0.6 is 0 Å². The Labute approximate surface area is 63.8 Å². The molecule has 0 spiro atoms. The maximum Gasteiger partial charge on any atom is 0.210 e. The predicted molar refractivity (Wildman–Crippen MR) is 37.3 cm³/mol. The lowest BCUT2D eigenvalue weighted by Crippen LogP contribution is -1.93. The average Bonchev–Trinajstić information content (AvgIpc) is 2.05. The molecule has 0 atom stereocenters. The van der Waals surface area contributed by atoms with Crippen molar-refractivity contribution >= 4 is 0 Å². The molecule has 1 rings (SSSR count). The van der Waals surface area contributed by atoms with E-state index in [0.29, 0.717) is 0 Å². The molecule has 3 nitrogen and oxygen atoms in total. The summed E-state index contributed by atoms with van der Waals surface area (Å²) in [7, 11) is 2.75. The molecule has 1 aromatic heterocycles. The molecule has 60 valence electrons. The Kier molecular flexibility index (Phi) is 2.25. The molecular weight excluding hydrogens is 149 g/mol. The van der Waals surface area contributed by atoms with E-state index in [0.717, 1.165) is 0 Å². The van der Waals surface area contributed by atoms with Crippen molar-refractivity contribution < 1.29 is 13.9 Å². The molecule has 4 heteroatoms. The molecule has 0 saturated carbocycles. The molecule has 0 aliphatic carbocycles. The van der Waals surface area contributed by atoms with Gasteiger partial charge >= 0.3 is 0 Å². The third kappa shape index (κ3) is 1.39. The Hall–Kier alpha value is -1.32. The number of hydrogen-bond acceptors (Lipinski definition) is 3. The van der Waals surface area contributed by atoms with Crippen molar-refractivity contribution in [1.29, 1.82) is 0 Å². The highest BCUT2D eigenvalue weighted by atomic mass is 19.1. The van der Waals surface area contributed by atoms with Crippen LogP contribution in [-0.2, 0) is 0 Å². The van der Waals surface area contributed by atoms with Gasteiger partial charge in [0.15, 0.2) is 11.5 Å². The largest absolute Gasteiger partial charge is 0.492 e. The molecule has 1 heterocycles. The van der Waals surface area contributed by atoms with E-state index in [-0.39, 0.29) is 11.5 Å². The predicted octanol–water partition coefficient (Wildman–Crippen LogP) is 1.24. The van der Waals surface area contributed by atoms with Gasteiger partial charge in [-0.05, 0) is 0 Å². The Morgan fingerprint density at radius 3 is 2.00 bits per heavy atom. The van der Waals surface area contributed by atoms with Gasteiger partial charge < -0.3 is 9.47 Å². The van der Waals surface area contributed by atoms with Crippen LogP contribution in [0.3, 0.4) is 0 Å². The van der Waals surface area contributed by atoms with Crippen LogP contribution in [-0.4, -0.2) is 19.2 Å². The number of hydrogen-bond donors (Lipinski definition) is 0. The van der Waals surface area contributed by atoms with E-state index in [1.807, 2.05) is 0 Å². The van der Waals surface area contributed by atoms with Gasteiger partial charge in [-0.2, -0.15) is 4.39 Å². The van der Waals surface area contributed by atoms with Crippen LogP contribution in [0.5, 0.6) is 11.5 Å². The quantitative estimate of drug-likeness (QED) is 0.647. The number of rotatable bonds is 2. The second-order valence-electron chi connectivity index (χ2n) is 1.86. The summed E-state index contributed by atoms with van der Waals surface area (Å²) in [5.41, 5.74) is 0. The zero-order valence-corrected chi connectivity index (χ0v) is 6.30. The fourth-order valence-electron chi connectivity index (χ4n) is 0.692. The van der Waals surface area contributed by atoms with E-state index >= 15 is 0 Å². The van der Waals surface area contributed by atoms with Gasteiger partial charge in [-0.3, -0.25) is 4.98 Å². The zero-order valence-electron chi connectivity index (χ0n) is 6.30. The van der Waals surface area contributed by atoms with Crippen LogP contribution < -0.4 is 9.47 Å². The molecule has 0 fully saturated rings. The van der Waals surface area contributed by atoms with Crippen molar-refractivity contribution in [3.8, 4) is 11.5 Å². The first-order valence-electron chi connectivity index (χ1n) is 3.01. The molecule has 0 N–H and O–H groups in total. The fourth-order valence-corrected chi connectivity index (χ4v) is 0.692. The van der Waals surface area contributed by atoms with Gasteiger partial charge in [-0.25, -0.2) is 0 Å². The van der Waals surface area contributed by atoms with E-state index in [1.165, 1.54) is 26.6 Å². The molecule has 0 amide bonds. The molecule has 0 saturated heterocycles. The lowest BCUT2D eigenvalue weighted by Gasteiger charge is -2.03. The average molecular weight is 157 g/mol. The minimum absolute atomic E-state index is 0.0874. The first-order valence-corrected chi connectivity index (χ1v) is 3.01. The summed E-state index contributed by atoms with van der Waals surface area (Å²) in [6, 6.07) is 0. The standard InChI is InChI=1S/C7H8FNO2/c1-10-5-3-9-4-6(11-2)7(5)8/h3-4H,1-2H3. The van der Waals surface area contributed by atoms with Gasteiger partial charge in [0, 0.05) is 0 Å². The summed E-state index contributed by atoms with van der Waals surface area (Å²) in [6.45, 7) is 0. The number of nitrogens with zero attached hydrogens (tertiary/aromatic N) is 1. The molecule has 0 unspecified atom stereocenters. The first kappa shape index (κ1) is 7.78. The lowest BCUT2D eigenvalue weighted by molar-refractivity contribution is 0.347. The highest BCUT2D eigenvalue weighted by molar-refractivity contribution is 5.30. The minimum Gasteiger partial charge on any atom is -0.492 e. The van der Waals surface area contributed by atoms with E-state index < -0.39 is 5.82 Å². The maximum atomic E-state index is 13.0. The Morgan fingerprint density at radius 2 is 1.64 bits per heavy atom. The van der Waals surface area contributed by atoms with Gasteiger partial charge in [0.25, 0.3) is 0 Å². The Bertz CT molecular complexity index is 230. The van der Waals surface area contributed by atoms with Gasteiger partial charge in [-0.15, -0.1) is 0 Å². The van der Waals surface area contributed by atoms with Crippen molar-refractivity contribution in [1.82, 2.24) is 4.98 Å². The van der Waals surface area contributed by atoms with Crippen LogP contribution in [0.2, 0.25) is 0 Å². The Morgan fingerprint density at radius 1 is 1.18 bits per heavy atom. The normalized spacial score (nSPS) is 9.36. The van der Waals surface area contributed by atoms with Crippen molar-refractivity contribution in [3.63, 3.8) is 0 Å².